The van der Waals surface area contributed by atoms with Crippen LogP contribution in [0.15, 0.2) is 36.4 Å². The van der Waals surface area contributed by atoms with Gasteiger partial charge in [-0.3, -0.25) is 9.48 Å². The Morgan fingerprint density at radius 1 is 1.07 bits per heavy atom. The highest BCUT2D eigenvalue weighted by atomic mass is 16.1. The number of nitrogens with zero attached hydrogens (tertiary/aromatic N) is 5. The maximum absolute atomic E-state index is 13.4. The Bertz CT molecular complexity index is 1280. The third kappa shape index (κ3) is 2.98. The number of aryl methyl sites for hydroxylation is 3. The molecule has 0 spiro atoms. The van der Waals surface area contributed by atoms with Crippen molar-refractivity contribution in [3.05, 3.63) is 64.7 Å². The van der Waals surface area contributed by atoms with Gasteiger partial charge in [-0.15, -0.1) is 0 Å². The molecule has 5 rings (SSSR count). The zero-order chi connectivity index (χ0) is 21.0. The molecule has 1 amide bonds. The van der Waals surface area contributed by atoms with Gasteiger partial charge in [0.2, 0.25) is 0 Å². The van der Waals surface area contributed by atoms with Gasteiger partial charge in [0.05, 0.1) is 39.4 Å². The highest BCUT2D eigenvalue weighted by molar-refractivity contribution is 6.13. The highest BCUT2D eigenvalue weighted by Crippen LogP contribution is 2.40. The lowest BCUT2D eigenvalue weighted by molar-refractivity contribution is 0.102. The summed E-state index contributed by atoms with van der Waals surface area (Å²) in [7, 11) is 1.87. The monoisotopic (exact) mass is 400 g/mol. The van der Waals surface area contributed by atoms with Gasteiger partial charge in [0, 0.05) is 18.7 Å². The Kier molecular flexibility index (Phi) is 4.20. The Morgan fingerprint density at radius 3 is 2.50 bits per heavy atom. The molecule has 1 aliphatic rings. The summed E-state index contributed by atoms with van der Waals surface area (Å²) < 4.78 is 3.62. The molecule has 1 fully saturated rings. The summed E-state index contributed by atoms with van der Waals surface area (Å²) in [5.74, 6) is 0.291. The summed E-state index contributed by atoms with van der Waals surface area (Å²) in [6, 6.07) is 11.9. The minimum absolute atomic E-state index is 0.154. The van der Waals surface area contributed by atoms with Crippen LogP contribution < -0.4 is 5.32 Å². The van der Waals surface area contributed by atoms with Crippen LogP contribution in [-0.2, 0) is 7.05 Å². The van der Waals surface area contributed by atoms with Gasteiger partial charge in [0.1, 0.15) is 0 Å². The first kappa shape index (κ1) is 18.5. The van der Waals surface area contributed by atoms with Crippen molar-refractivity contribution >= 4 is 22.6 Å². The minimum atomic E-state index is -0.154. The quantitative estimate of drug-likeness (QED) is 0.557. The number of carbonyl (C=O) groups excluding carboxylic acids is 1. The van der Waals surface area contributed by atoms with E-state index in [-0.39, 0.29) is 5.91 Å². The van der Waals surface area contributed by atoms with Crippen molar-refractivity contribution in [2.24, 2.45) is 7.05 Å². The summed E-state index contributed by atoms with van der Waals surface area (Å²) in [5.41, 5.74) is 6.54. The first-order valence-electron chi connectivity index (χ1n) is 10.2. The molecule has 0 unspecified atom stereocenters. The lowest BCUT2D eigenvalue weighted by atomic mass is 10.1. The standard InChI is InChI=1S/C23H24N6O/c1-13-20-18(12-19(16-10-11-16)24-22(20)28(4)26-13)23(30)25-21-14(2)27-29(15(21)3)17-8-6-5-7-9-17/h5-9,12,16H,10-11H2,1-4H3,(H,25,30). The molecule has 7 nitrogen and oxygen atoms in total. The summed E-state index contributed by atoms with van der Waals surface area (Å²) in [6.07, 6.45) is 2.25. The molecule has 1 aliphatic carbocycles. The summed E-state index contributed by atoms with van der Waals surface area (Å²) in [4.78, 5) is 18.2. The van der Waals surface area contributed by atoms with E-state index in [1.807, 2.05) is 68.9 Å². The number of benzene rings is 1. The number of pyridine rings is 1. The molecule has 0 radical (unpaired) electrons. The van der Waals surface area contributed by atoms with Gasteiger partial charge in [-0.1, -0.05) is 18.2 Å². The van der Waals surface area contributed by atoms with E-state index in [0.29, 0.717) is 11.5 Å². The Morgan fingerprint density at radius 2 is 1.80 bits per heavy atom. The molecule has 152 valence electrons. The van der Waals surface area contributed by atoms with Crippen LogP contribution in [0.3, 0.4) is 0 Å². The molecule has 1 aromatic carbocycles. The molecular formula is C23H24N6O. The van der Waals surface area contributed by atoms with E-state index in [1.54, 1.807) is 4.68 Å². The fraction of sp³-hybridized carbons (Fsp3) is 0.304. The molecule has 3 heterocycles. The zero-order valence-corrected chi connectivity index (χ0v) is 17.6. The third-order valence-corrected chi connectivity index (χ3v) is 5.76. The summed E-state index contributed by atoms with van der Waals surface area (Å²) in [5, 5.41) is 13.1. The average Bonchev–Trinajstić information content (AvgIpc) is 3.51. The molecule has 30 heavy (non-hydrogen) atoms. The Balaban J connectivity index is 1.57. The van der Waals surface area contributed by atoms with Gasteiger partial charge in [0.25, 0.3) is 5.91 Å². The van der Waals surface area contributed by atoms with Gasteiger partial charge >= 0.3 is 0 Å². The number of hydrogen-bond donors (Lipinski definition) is 1. The number of carbonyl (C=O) groups is 1. The molecule has 0 atom stereocenters. The Labute approximate surface area is 174 Å². The highest BCUT2D eigenvalue weighted by Gasteiger charge is 2.29. The number of hydrogen-bond acceptors (Lipinski definition) is 4. The van der Waals surface area contributed by atoms with E-state index < -0.39 is 0 Å². The normalized spacial score (nSPS) is 13.7. The molecule has 4 aromatic rings. The van der Waals surface area contributed by atoms with Crippen LogP contribution in [0.1, 0.15) is 51.9 Å². The second kappa shape index (κ2) is 6.79. The number of rotatable bonds is 4. The second-order valence-electron chi connectivity index (χ2n) is 8.02. The molecule has 0 saturated heterocycles. The maximum atomic E-state index is 13.4. The first-order chi connectivity index (χ1) is 14.4. The number of para-hydroxylation sites is 1. The van der Waals surface area contributed by atoms with Crippen molar-refractivity contribution in [1.82, 2.24) is 24.5 Å². The Hall–Kier alpha value is -3.48. The first-order valence-corrected chi connectivity index (χ1v) is 10.2. The van der Waals surface area contributed by atoms with Crippen molar-refractivity contribution in [2.75, 3.05) is 5.32 Å². The SMILES string of the molecule is Cc1nn(-c2ccccc2)c(C)c1NC(=O)c1cc(C2CC2)nc2c1c(C)nn2C. The van der Waals surface area contributed by atoms with Crippen LogP contribution in [0.5, 0.6) is 0 Å². The topological polar surface area (TPSA) is 77.6 Å². The van der Waals surface area contributed by atoms with Gasteiger partial charge < -0.3 is 5.32 Å². The van der Waals surface area contributed by atoms with Gasteiger partial charge in [-0.2, -0.15) is 10.2 Å². The smallest absolute Gasteiger partial charge is 0.256 e. The third-order valence-electron chi connectivity index (χ3n) is 5.76. The zero-order valence-electron chi connectivity index (χ0n) is 17.6. The van der Waals surface area contributed by atoms with Crippen LogP contribution in [0.25, 0.3) is 16.7 Å². The fourth-order valence-electron chi connectivity index (χ4n) is 4.06. The molecule has 3 aromatic heterocycles. The fourth-order valence-corrected chi connectivity index (χ4v) is 4.06. The predicted molar refractivity (Wildman–Crippen MR) is 116 cm³/mol. The van der Waals surface area contributed by atoms with Crippen molar-refractivity contribution < 1.29 is 4.79 Å². The van der Waals surface area contributed by atoms with Gasteiger partial charge in [0.15, 0.2) is 5.65 Å². The van der Waals surface area contributed by atoms with E-state index >= 15 is 0 Å². The summed E-state index contributed by atoms with van der Waals surface area (Å²) >= 11 is 0. The van der Waals surface area contributed by atoms with Gasteiger partial charge in [-0.25, -0.2) is 9.67 Å². The maximum Gasteiger partial charge on any atom is 0.256 e. The lowest BCUT2D eigenvalue weighted by Crippen LogP contribution is -2.15. The predicted octanol–water partition coefficient (Wildman–Crippen LogP) is 4.21. The second-order valence-corrected chi connectivity index (χ2v) is 8.02. The van der Waals surface area contributed by atoms with Crippen LogP contribution in [0.2, 0.25) is 0 Å². The number of nitrogens with one attached hydrogen (secondary N) is 1. The van der Waals surface area contributed by atoms with Crippen molar-refractivity contribution in [3.63, 3.8) is 0 Å². The van der Waals surface area contributed by atoms with Crippen LogP contribution >= 0.6 is 0 Å². The molecule has 1 N–H and O–H groups in total. The number of fused-ring (bicyclic) bond motifs is 1. The number of amides is 1. The van der Waals surface area contributed by atoms with E-state index in [9.17, 15) is 4.79 Å². The van der Waals surface area contributed by atoms with E-state index in [0.717, 1.165) is 58.0 Å². The van der Waals surface area contributed by atoms with E-state index in [2.05, 4.69) is 15.5 Å². The van der Waals surface area contributed by atoms with Crippen LogP contribution in [0.4, 0.5) is 5.69 Å². The molecule has 0 bridgehead atoms. The molecule has 1 saturated carbocycles. The number of anilines is 1. The van der Waals surface area contributed by atoms with E-state index in [1.165, 1.54) is 0 Å². The average molecular weight is 400 g/mol. The molecule has 0 aliphatic heterocycles. The van der Waals surface area contributed by atoms with Crippen LogP contribution in [-0.4, -0.2) is 30.5 Å². The lowest BCUT2D eigenvalue weighted by Gasteiger charge is -2.10. The number of aromatic nitrogens is 5. The van der Waals surface area contributed by atoms with Crippen molar-refractivity contribution in [2.45, 2.75) is 39.5 Å². The van der Waals surface area contributed by atoms with Gasteiger partial charge in [-0.05, 0) is 51.8 Å². The molecule has 7 heteroatoms. The van der Waals surface area contributed by atoms with Crippen LogP contribution in [0, 0.1) is 20.8 Å². The molecular weight excluding hydrogens is 376 g/mol. The van der Waals surface area contributed by atoms with E-state index in [4.69, 9.17) is 4.98 Å². The largest absolute Gasteiger partial charge is 0.319 e. The summed E-state index contributed by atoms with van der Waals surface area (Å²) in [6.45, 7) is 5.80. The van der Waals surface area contributed by atoms with Crippen molar-refractivity contribution in [1.29, 1.82) is 0 Å². The minimum Gasteiger partial charge on any atom is -0.319 e. The van der Waals surface area contributed by atoms with Crippen molar-refractivity contribution in [3.8, 4) is 5.69 Å².